The highest BCUT2D eigenvalue weighted by Crippen LogP contribution is 2.48. The first kappa shape index (κ1) is 14.8. The average Bonchev–Trinajstić information content (AvgIpc) is 2.67. The van der Waals surface area contributed by atoms with Crippen LogP contribution >= 0.6 is 0 Å². The molecule has 0 spiro atoms. The van der Waals surface area contributed by atoms with Crippen LogP contribution in [0.15, 0.2) is 53.6 Å². The van der Waals surface area contributed by atoms with Crippen LogP contribution in [0.4, 0.5) is 4.39 Å². The third kappa shape index (κ3) is 2.32. The zero-order valence-corrected chi connectivity index (χ0v) is 13.2. The normalized spacial score (nSPS) is 23.5. The maximum Gasteiger partial charge on any atom is 0.232 e. The molecule has 0 bridgehead atoms. The van der Waals surface area contributed by atoms with E-state index in [1.165, 1.54) is 0 Å². The van der Waals surface area contributed by atoms with E-state index >= 15 is 0 Å². The van der Waals surface area contributed by atoms with Crippen molar-refractivity contribution in [3.63, 3.8) is 0 Å². The zero-order chi connectivity index (χ0) is 15.9. The molecule has 1 heterocycles. The number of nitrogens with one attached hydrogen (secondary N) is 1. The molecule has 1 atom stereocenters. The summed E-state index contributed by atoms with van der Waals surface area (Å²) in [6.45, 7) is 4.36. The second-order valence-electron chi connectivity index (χ2n) is 6.57. The Morgan fingerprint density at radius 2 is 2.00 bits per heavy atom. The predicted molar refractivity (Wildman–Crippen MR) is 84.2 cm³/mol. The van der Waals surface area contributed by atoms with Crippen molar-refractivity contribution in [2.24, 2.45) is 11.3 Å². The fourth-order valence-corrected chi connectivity index (χ4v) is 3.31. The van der Waals surface area contributed by atoms with Crippen molar-refractivity contribution in [3.05, 3.63) is 59.2 Å². The SMILES string of the molecule is CN1C(=O)C(C)(C)C2CC(F)=C(NCc3ccccc3)C=C21. The van der Waals surface area contributed by atoms with E-state index in [1.807, 2.05) is 44.2 Å². The lowest BCUT2D eigenvalue weighted by Gasteiger charge is -2.27. The minimum Gasteiger partial charge on any atom is -0.379 e. The number of amides is 1. The Balaban J connectivity index is 1.81. The van der Waals surface area contributed by atoms with E-state index in [9.17, 15) is 9.18 Å². The monoisotopic (exact) mass is 300 g/mol. The number of fused-ring (bicyclic) bond motifs is 1. The van der Waals surface area contributed by atoms with Crippen LogP contribution < -0.4 is 5.32 Å². The van der Waals surface area contributed by atoms with Gasteiger partial charge in [-0.3, -0.25) is 4.79 Å². The molecule has 1 amide bonds. The molecular weight excluding hydrogens is 279 g/mol. The molecule has 1 N–H and O–H groups in total. The van der Waals surface area contributed by atoms with Crippen LogP contribution in [0, 0.1) is 11.3 Å². The van der Waals surface area contributed by atoms with Gasteiger partial charge in [0.2, 0.25) is 5.91 Å². The first-order valence-corrected chi connectivity index (χ1v) is 7.57. The van der Waals surface area contributed by atoms with Gasteiger partial charge in [0, 0.05) is 31.6 Å². The van der Waals surface area contributed by atoms with Gasteiger partial charge in [0.1, 0.15) is 5.83 Å². The highest BCUT2D eigenvalue weighted by atomic mass is 19.1. The van der Waals surface area contributed by atoms with Crippen molar-refractivity contribution < 1.29 is 9.18 Å². The summed E-state index contributed by atoms with van der Waals surface area (Å²) in [5, 5.41) is 3.15. The number of nitrogens with zero attached hydrogens (tertiary/aromatic N) is 1. The van der Waals surface area contributed by atoms with E-state index in [2.05, 4.69) is 5.32 Å². The van der Waals surface area contributed by atoms with Crippen LogP contribution in [0.25, 0.3) is 0 Å². The Kier molecular flexibility index (Phi) is 3.55. The van der Waals surface area contributed by atoms with Gasteiger partial charge in [-0.25, -0.2) is 4.39 Å². The zero-order valence-electron chi connectivity index (χ0n) is 13.2. The van der Waals surface area contributed by atoms with E-state index in [0.717, 1.165) is 11.3 Å². The van der Waals surface area contributed by atoms with Gasteiger partial charge < -0.3 is 10.2 Å². The summed E-state index contributed by atoms with van der Waals surface area (Å²) in [4.78, 5) is 14.0. The number of rotatable bonds is 3. The summed E-state index contributed by atoms with van der Waals surface area (Å²) in [6, 6.07) is 9.88. The van der Waals surface area contributed by atoms with Crippen LogP contribution in [0.5, 0.6) is 0 Å². The molecular formula is C18H21FN2O. The topological polar surface area (TPSA) is 32.3 Å². The van der Waals surface area contributed by atoms with Crippen LogP contribution in [0.3, 0.4) is 0 Å². The lowest BCUT2D eigenvalue weighted by Crippen LogP contribution is -2.29. The summed E-state index contributed by atoms with van der Waals surface area (Å²) in [5.41, 5.74) is 1.96. The first-order chi connectivity index (χ1) is 10.4. The van der Waals surface area contributed by atoms with E-state index in [4.69, 9.17) is 0 Å². The molecule has 3 nitrogen and oxygen atoms in total. The Bertz CT molecular complexity index is 661. The highest BCUT2D eigenvalue weighted by molar-refractivity contribution is 5.88. The predicted octanol–water partition coefficient (Wildman–Crippen LogP) is 3.36. The maximum absolute atomic E-state index is 14.4. The molecule has 1 aromatic carbocycles. The molecule has 4 heteroatoms. The standard InChI is InChI=1S/C18H21FN2O/c1-18(2)13-9-14(19)15(10-16(13)21(3)17(18)22)20-11-12-7-5-4-6-8-12/h4-8,10,13,20H,9,11H2,1-3H3. The van der Waals surface area contributed by atoms with Gasteiger partial charge in [0.15, 0.2) is 0 Å². The Labute approximate surface area is 130 Å². The van der Waals surface area contributed by atoms with Crippen molar-refractivity contribution >= 4 is 5.91 Å². The third-order valence-electron chi connectivity index (χ3n) is 4.76. The lowest BCUT2D eigenvalue weighted by molar-refractivity contribution is -0.133. The van der Waals surface area contributed by atoms with Crippen LogP contribution in [-0.2, 0) is 11.3 Å². The van der Waals surface area contributed by atoms with Crippen LogP contribution in [-0.4, -0.2) is 17.9 Å². The fraction of sp³-hybridized carbons (Fsp3) is 0.389. The Morgan fingerprint density at radius 3 is 2.68 bits per heavy atom. The highest BCUT2D eigenvalue weighted by Gasteiger charge is 2.50. The van der Waals surface area contributed by atoms with Gasteiger partial charge in [-0.05, 0) is 11.6 Å². The third-order valence-corrected chi connectivity index (χ3v) is 4.76. The minimum atomic E-state index is -0.539. The number of allylic oxidation sites excluding steroid dienone is 3. The lowest BCUT2D eigenvalue weighted by atomic mass is 9.76. The second-order valence-corrected chi connectivity index (χ2v) is 6.57. The summed E-state index contributed by atoms with van der Waals surface area (Å²) in [7, 11) is 1.77. The molecule has 1 aliphatic heterocycles. The summed E-state index contributed by atoms with van der Waals surface area (Å²) >= 11 is 0. The van der Waals surface area contributed by atoms with Gasteiger partial charge in [-0.1, -0.05) is 44.2 Å². The first-order valence-electron chi connectivity index (χ1n) is 7.57. The second kappa shape index (κ2) is 5.27. The Morgan fingerprint density at radius 1 is 1.32 bits per heavy atom. The van der Waals surface area contributed by atoms with Gasteiger partial charge in [0.05, 0.1) is 11.1 Å². The number of halogens is 1. The molecule has 0 saturated carbocycles. The van der Waals surface area contributed by atoms with Gasteiger partial charge in [-0.2, -0.15) is 0 Å². The number of carbonyl (C=O) groups excluding carboxylic acids is 1. The molecule has 1 saturated heterocycles. The Hall–Kier alpha value is -2.10. The molecule has 0 aromatic heterocycles. The molecule has 1 aliphatic carbocycles. The number of hydrogen-bond acceptors (Lipinski definition) is 2. The minimum absolute atomic E-state index is 0.0564. The summed E-state index contributed by atoms with van der Waals surface area (Å²) in [6.07, 6.45) is 2.07. The molecule has 22 heavy (non-hydrogen) atoms. The van der Waals surface area contributed by atoms with E-state index in [0.29, 0.717) is 12.2 Å². The molecule has 2 aliphatic rings. The summed E-state index contributed by atoms with van der Waals surface area (Å²) < 4.78 is 14.4. The number of likely N-dealkylation sites (tertiary alicyclic amines) is 1. The molecule has 116 valence electrons. The van der Waals surface area contributed by atoms with E-state index in [-0.39, 0.29) is 24.1 Å². The van der Waals surface area contributed by atoms with Crippen molar-refractivity contribution in [2.45, 2.75) is 26.8 Å². The quantitative estimate of drug-likeness (QED) is 0.928. The smallest absolute Gasteiger partial charge is 0.232 e. The van der Waals surface area contributed by atoms with Crippen molar-refractivity contribution in [1.29, 1.82) is 0 Å². The molecule has 3 rings (SSSR count). The van der Waals surface area contributed by atoms with Crippen molar-refractivity contribution in [3.8, 4) is 0 Å². The van der Waals surface area contributed by atoms with Crippen LogP contribution in [0.2, 0.25) is 0 Å². The molecule has 0 radical (unpaired) electrons. The average molecular weight is 300 g/mol. The molecule has 1 unspecified atom stereocenters. The fourth-order valence-electron chi connectivity index (χ4n) is 3.31. The largest absolute Gasteiger partial charge is 0.379 e. The van der Waals surface area contributed by atoms with Gasteiger partial charge in [0.25, 0.3) is 0 Å². The molecule has 1 fully saturated rings. The van der Waals surface area contributed by atoms with Crippen LogP contribution in [0.1, 0.15) is 25.8 Å². The number of hydrogen-bond donors (Lipinski definition) is 1. The summed E-state index contributed by atoms with van der Waals surface area (Å²) in [5.74, 6) is -0.186. The van der Waals surface area contributed by atoms with Crippen molar-refractivity contribution in [1.82, 2.24) is 10.2 Å². The van der Waals surface area contributed by atoms with E-state index < -0.39 is 5.41 Å². The number of carbonyl (C=O) groups is 1. The number of benzene rings is 1. The van der Waals surface area contributed by atoms with Gasteiger partial charge >= 0.3 is 0 Å². The molecule has 1 aromatic rings. The maximum atomic E-state index is 14.4. The van der Waals surface area contributed by atoms with E-state index in [1.54, 1.807) is 18.0 Å². The van der Waals surface area contributed by atoms with Crippen molar-refractivity contribution in [2.75, 3.05) is 7.05 Å². The van der Waals surface area contributed by atoms with Gasteiger partial charge in [-0.15, -0.1) is 0 Å².